The molecule has 4 rings (SSSR count). The van der Waals surface area contributed by atoms with E-state index in [-0.39, 0.29) is 11.7 Å². The van der Waals surface area contributed by atoms with Gasteiger partial charge in [0.25, 0.3) is 0 Å². The summed E-state index contributed by atoms with van der Waals surface area (Å²) in [7, 11) is 0. The molecule has 2 aliphatic rings. The number of aromatic nitrogens is 5. The molecule has 0 amide bonds. The van der Waals surface area contributed by atoms with Crippen molar-refractivity contribution in [2.45, 2.75) is 47.5 Å². The van der Waals surface area contributed by atoms with Crippen molar-refractivity contribution in [2.75, 3.05) is 32.8 Å². The van der Waals surface area contributed by atoms with Crippen molar-refractivity contribution in [2.24, 2.45) is 10.8 Å². The topological polar surface area (TPSA) is 78.2 Å². The third-order valence-corrected chi connectivity index (χ3v) is 5.21. The molecule has 2 saturated heterocycles. The minimum atomic E-state index is -0.358. The van der Waals surface area contributed by atoms with Crippen LogP contribution >= 0.6 is 0 Å². The molecule has 160 valence electrons. The fraction of sp³-hybridized carbons (Fsp3) is 0.636. The van der Waals surface area contributed by atoms with Gasteiger partial charge in [0.05, 0.1) is 19.8 Å². The molecule has 0 atom stereocenters. The third-order valence-electron chi connectivity index (χ3n) is 5.21. The van der Waals surface area contributed by atoms with Gasteiger partial charge < -0.3 is 9.47 Å². The zero-order valence-electron chi connectivity index (χ0n) is 18.5. The summed E-state index contributed by atoms with van der Waals surface area (Å²) in [4.78, 5) is 8.38. The van der Waals surface area contributed by atoms with Crippen LogP contribution in [0.1, 0.15) is 38.8 Å². The highest BCUT2D eigenvalue weighted by molar-refractivity contribution is 5.55. The second kappa shape index (κ2) is 8.06. The van der Waals surface area contributed by atoms with Crippen molar-refractivity contribution in [1.29, 1.82) is 0 Å². The molecule has 2 aliphatic heterocycles. The van der Waals surface area contributed by atoms with Crippen LogP contribution in [0.4, 0.5) is 0 Å². The Bertz CT molecular complexity index is 953. The average molecular weight is 411 g/mol. The molecular weight excluding hydrogens is 380 g/mol. The highest BCUT2D eigenvalue weighted by atomic mass is 16.7. The Kier molecular flexibility index (Phi) is 5.62. The molecule has 0 unspecified atom stereocenters. The van der Waals surface area contributed by atoms with Crippen molar-refractivity contribution >= 4 is 0 Å². The molecule has 0 aromatic carbocycles. The molecular formula is C22H30N6O2. The summed E-state index contributed by atoms with van der Waals surface area (Å²) < 4.78 is 11.5. The maximum absolute atomic E-state index is 5.74. The van der Waals surface area contributed by atoms with E-state index < -0.39 is 0 Å². The van der Waals surface area contributed by atoms with Gasteiger partial charge in [0.2, 0.25) is 5.82 Å². The number of hydrogen-bond donors (Lipinski definition) is 0. The van der Waals surface area contributed by atoms with Gasteiger partial charge >= 0.3 is 0 Å². The van der Waals surface area contributed by atoms with E-state index in [9.17, 15) is 0 Å². The zero-order valence-corrected chi connectivity index (χ0v) is 18.5. The van der Waals surface area contributed by atoms with Crippen LogP contribution < -0.4 is 0 Å². The predicted octanol–water partition coefficient (Wildman–Crippen LogP) is 2.14. The second-order valence-corrected chi connectivity index (χ2v) is 9.88. The normalized spacial score (nSPS) is 21.0. The van der Waals surface area contributed by atoms with Gasteiger partial charge in [-0.25, -0.2) is 0 Å². The lowest BCUT2D eigenvalue weighted by atomic mass is 9.84. The van der Waals surface area contributed by atoms with E-state index in [0.29, 0.717) is 36.7 Å². The van der Waals surface area contributed by atoms with Crippen molar-refractivity contribution in [3.05, 3.63) is 23.4 Å². The first kappa shape index (κ1) is 20.9. The van der Waals surface area contributed by atoms with Crippen molar-refractivity contribution < 1.29 is 9.47 Å². The molecule has 4 heterocycles. The Morgan fingerprint density at radius 3 is 2.53 bits per heavy atom. The molecule has 2 aromatic rings. The van der Waals surface area contributed by atoms with Crippen LogP contribution in [0.15, 0.2) is 12.3 Å². The van der Waals surface area contributed by atoms with Gasteiger partial charge in [-0.3, -0.25) is 9.88 Å². The summed E-state index contributed by atoms with van der Waals surface area (Å²) >= 11 is 0. The fourth-order valence-corrected chi connectivity index (χ4v) is 3.79. The highest BCUT2D eigenvalue weighted by Gasteiger charge is 2.33. The maximum Gasteiger partial charge on any atom is 0.223 e. The van der Waals surface area contributed by atoms with Crippen LogP contribution in [0.3, 0.4) is 0 Å². The van der Waals surface area contributed by atoms with Gasteiger partial charge in [0.1, 0.15) is 12.2 Å². The first-order chi connectivity index (χ1) is 14.2. The Morgan fingerprint density at radius 2 is 1.87 bits per heavy atom. The van der Waals surface area contributed by atoms with E-state index >= 15 is 0 Å². The number of ether oxygens (including phenoxy) is 2. The van der Waals surface area contributed by atoms with E-state index in [1.807, 2.05) is 13.0 Å². The standard InChI is InChI=1S/C22H30N6O2/c1-16-9-17(7-6-8-27-12-21(2,3)13-27)10-23-19(16)20-24-26-28(25-20)11-18-29-14-22(4,5)15-30-18/h9-10,18H,8,11-15H2,1-5H3. The summed E-state index contributed by atoms with van der Waals surface area (Å²) in [5.74, 6) is 6.94. The number of aryl methyl sites for hydroxylation is 1. The van der Waals surface area contributed by atoms with Crippen molar-refractivity contribution in [3.63, 3.8) is 0 Å². The summed E-state index contributed by atoms with van der Waals surface area (Å²) in [6, 6.07) is 2.02. The zero-order chi connectivity index (χ0) is 21.4. The van der Waals surface area contributed by atoms with E-state index in [2.05, 4.69) is 64.8 Å². The van der Waals surface area contributed by atoms with Crippen LogP contribution in [0.5, 0.6) is 0 Å². The SMILES string of the molecule is Cc1cc(C#CCN2CC(C)(C)C2)cnc1-c1nnn(CC2OCC(C)(C)CO2)n1. The van der Waals surface area contributed by atoms with Crippen LogP contribution in [0, 0.1) is 29.6 Å². The monoisotopic (exact) mass is 410 g/mol. The number of tetrazole rings is 1. The van der Waals surface area contributed by atoms with Gasteiger partial charge in [-0.2, -0.15) is 4.80 Å². The lowest BCUT2D eigenvalue weighted by Crippen LogP contribution is -2.52. The second-order valence-electron chi connectivity index (χ2n) is 9.88. The smallest absolute Gasteiger partial charge is 0.223 e. The molecule has 2 fully saturated rings. The number of likely N-dealkylation sites (tertiary alicyclic amines) is 1. The van der Waals surface area contributed by atoms with E-state index in [4.69, 9.17) is 9.47 Å². The lowest BCUT2D eigenvalue weighted by molar-refractivity contribution is -0.228. The first-order valence-corrected chi connectivity index (χ1v) is 10.4. The van der Waals surface area contributed by atoms with Crippen LogP contribution in [-0.2, 0) is 16.0 Å². The van der Waals surface area contributed by atoms with Crippen molar-refractivity contribution in [1.82, 2.24) is 30.1 Å². The van der Waals surface area contributed by atoms with Gasteiger partial charge in [0.15, 0.2) is 6.29 Å². The first-order valence-electron chi connectivity index (χ1n) is 10.4. The minimum absolute atomic E-state index is 0.0367. The number of rotatable bonds is 4. The molecule has 8 nitrogen and oxygen atoms in total. The molecule has 8 heteroatoms. The van der Waals surface area contributed by atoms with E-state index in [0.717, 1.165) is 30.8 Å². The van der Waals surface area contributed by atoms with Gasteiger partial charge in [0, 0.05) is 30.3 Å². The maximum atomic E-state index is 5.74. The van der Waals surface area contributed by atoms with Crippen LogP contribution in [-0.4, -0.2) is 69.2 Å². The summed E-state index contributed by atoms with van der Waals surface area (Å²) in [6.07, 6.45) is 1.41. The summed E-state index contributed by atoms with van der Waals surface area (Å²) in [5.41, 5.74) is 3.04. The Morgan fingerprint density at radius 1 is 1.13 bits per heavy atom. The van der Waals surface area contributed by atoms with E-state index in [1.165, 1.54) is 4.80 Å². The lowest BCUT2D eigenvalue weighted by Gasteiger charge is -2.44. The van der Waals surface area contributed by atoms with Gasteiger partial charge in [-0.1, -0.05) is 39.5 Å². The van der Waals surface area contributed by atoms with Crippen LogP contribution in [0.25, 0.3) is 11.5 Å². The van der Waals surface area contributed by atoms with Gasteiger partial charge in [-0.05, 0) is 29.2 Å². The molecule has 30 heavy (non-hydrogen) atoms. The number of hydrogen-bond acceptors (Lipinski definition) is 7. The molecule has 0 aliphatic carbocycles. The van der Waals surface area contributed by atoms with Crippen LogP contribution in [0.2, 0.25) is 0 Å². The van der Waals surface area contributed by atoms with Crippen molar-refractivity contribution in [3.8, 4) is 23.4 Å². The Labute approximate surface area is 178 Å². The largest absolute Gasteiger partial charge is 0.350 e. The molecule has 0 saturated carbocycles. The molecule has 0 radical (unpaired) electrons. The summed E-state index contributed by atoms with van der Waals surface area (Å²) in [5, 5.41) is 12.7. The molecule has 0 spiro atoms. The molecule has 0 N–H and O–H groups in total. The minimum Gasteiger partial charge on any atom is -0.350 e. The van der Waals surface area contributed by atoms with Gasteiger partial charge in [-0.15, -0.1) is 10.2 Å². The average Bonchev–Trinajstić information content (AvgIpc) is 3.10. The quantitative estimate of drug-likeness (QED) is 0.715. The van der Waals surface area contributed by atoms with E-state index in [1.54, 1.807) is 6.20 Å². The third kappa shape index (κ3) is 5.04. The number of nitrogens with zero attached hydrogens (tertiary/aromatic N) is 6. The Balaban J connectivity index is 1.36. The molecule has 2 aromatic heterocycles. The Hall–Kier alpha value is -2.34. The summed E-state index contributed by atoms with van der Waals surface area (Å²) in [6.45, 7) is 15.5. The molecule has 0 bridgehead atoms. The highest BCUT2D eigenvalue weighted by Crippen LogP contribution is 2.27. The number of pyridine rings is 1. The fourth-order valence-electron chi connectivity index (χ4n) is 3.79. The predicted molar refractivity (Wildman–Crippen MR) is 112 cm³/mol.